The molecule has 0 aliphatic rings. The van der Waals surface area contributed by atoms with E-state index in [4.69, 9.17) is 0 Å². The van der Waals surface area contributed by atoms with Crippen LogP contribution in [0.15, 0.2) is 33.5 Å². The van der Waals surface area contributed by atoms with E-state index >= 15 is 0 Å². The van der Waals surface area contributed by atoms with Gasteiger partial charge in [-0.2, -0.15) is 0 Å². The molecule has 0 saturated carbocycles. The van der Waals surface area contributed by atoms with Crippen LogP contribution >= 0.6 is 15.9 Å². The highest BCUT2D eigenvalue weighted by Gasteiger charge is 2.34. The summed E-state index contributed by atoms with van der Waals surface area (Å²) in [6.45, 7) is 0. The molecule has 0 fully saturated rings. The van der Waals surface area contributed by atoms with Gasteiger partial charge in [0.2, 0.25) is 0 Å². The lowest BCUT2D eigenvalue weighted by atomic mass is 10.3. The van der Waals surface area contributed by atoms with Crippen molar-refractivity contribution in [2.24, 2.45) is 7.05 Å². The molecule has 0 unspecified atom stereocenters. The third-order valence-electron chi connectivity index (χ3n) is 2.19. The molecule has 5 nitrogen and oxygen atoms in total. The van der Waals surface area contributed by atoms with Crippen LogP contribution in [0, 0.1) is 0 Å². The number of halogens is 4. The second kappa shape index (κ2) is 4.72. The molecule has 1 aromatic carbocycles. The van der Waals surface area contributed by atoms with Crippen molar-refractivity contribution in [3.8, 4) is 11.7 Å². The molecule has 2 aromatic rings. The van der Waals surface area contributed by atoms with E-state index in [-0.39, 0.29) is 5.69 Å². The van der Waals surface area contributed by atoms with Gasteiger partial charge in [-0.25, -0.2) is 14.0 Å². The zero-order valence-corrected chi connectivity index (χ0v) is 11.1. The normalized spacial score (nSPS) is 11.6. The summed E-state index contributed by atoms with van der Waals surface area (Å²) in [6.07, 6.45) is -4.92. The summed E-state index contributed by atoms with van der Waals surface area (Å²) in [5.74, 6) is 0. The van der Waals surface area contributed by atoms with Crippen molar-refractivity contribution in [3.63, 3.8) is 0 Å². The number of hydrogen-bond acceptors (Lipinski definition) is 3. The molecule has 1 aromatic heterocycles. The van der Waals surface area contributed by atoms with Crippen LogP contribution in [0.4, 0.5) is 13.2 Å². The van der Waals surface area contributed by atoms with Gasteiger partial charge in [0.25, 0.3) is 0 Å². The number of benzene rings is 1. The number of alkyl halides is 3. The fraction of sp³-hybridized carbons (Fsp3) is 0.200. The molecular weight excluding hydrogens is 331 g/mol. The first-order chi connectivity index (χ1) is 8.78. The van der Waals surface area contributed by atoms with Gasteiger partial charge in [-0.1, -0.05) is 15.9 Å². The Morgan fingerprint density at radius 3 is 2.37 bits per heavy atom. The Kier molecular flexibility index (Phi) is 3.40. The van der Waals surface area contributed by atoms with E-state index in [9.17, 15) is 18.0 Å². The van der Waals surface area contributed by atoms with Crippen molar-refractivity contribution in [1.82, 2.24) is 14.3 Å². The quantitative estimate of drug-likeness (QED) is 0.844. The first-order valence-electron chi connectivity index (χ1n) is 4.95. The van der Waals surface area contributed by atoms with Gasteiger partial charge in [-0.15, -0.1) is 18.3 Å². The monoisotopic (exact) mass is 337 g/mol. The van der Waals surface area contributed by atoms with E-state index in [0.29, 0.717) is 0 Å². The number of ether oxygens (including phenoxy) is 1. The van der Waals surface area contributed by atoms with Gasteiger partial charge in [0.15, 0.2) is 0 Å². The lowest BCUT2D eigenvalue weighted by Gasteiger charge is -2.08. The Labute approximate surface area is 113 Å². The summed E-state index contributed by atoms with van der Waals surface area (Å²) in [4.78, 5) is 11.8. The molecule has 0 radical (unpaired) electrons. The number of nitrogens with zero attached hydrogens (tertiary/aromatic N) is 3. The molecule has 1 heterocycles. The van der Waals surface area contributed by atoms with E-state index in [1.807, 2.05) is 0 Å². The molecule has 19 heavy (non-hydrogen) atoms. The van der Waals surface area contributed by atoms with Crippen molar-refractivity contribution in [1.29, 1.82) is 0 Å². The highest BCUT2D eigenvalue weighted by molar-refractivity contribution is 9.10. The van der Waals surface area contributed by atoms with Crippen molar-refractivity contribution >= 4 is 15.9 Å². The van der Waals surface area contributed by atoms with Crippen LogP contribution in [0.3, 0.4) is 0 Å². The zero-order valence-electron chi connectivity index (χ0n) is 9.48. The largest absolute Gasteiger partial charge is 0.575 e. The summed E-state index contributed by atoms with van der Waals surface area (Å²) in [5, 5.41) is 3.41. The molecule has 0 N–H and O–H groups in total. The van der Waals surface area contributed by atoms with Gasteiger partial charge in [0, 0.05) is 11.5 Å². The molecule has 0 saturated heterocycles. The molecule has 0 spiro atoms. The van der Waals surface area contributed by atoms with E-state index < -0.39 is 18.1 Å². The Bertz CT molecular complexity index is 646. The molecule has 0 aliphatic heterocycles. The smallest absolute Gasteiger partial charge is 0.370 e. The van der Waals surface area contributed by atoms with E-state index in [0.717, 1.165) is 13.7 Å². The second-order valence-electron chi connectivity index (χ2n) is 3.55. The van der Waals surface area contributed by atoms with Crippen LogP contribution in [0.1, 0.15) is 0 Å². The van der Waals surface area contributed by atoms with E-state index in [2.05, 4.69) is 25.8 Å². The Hall–Kier alpha value is -1.77. The van der Waals surface area contributed by atoms with Crippen LogP contribution in [-0.4, -0.2) is 20.7 Å². The lowest BCUT2D eigenvalue weighted by Crippen LogP contribution is -2.24. The third-order valence-corrected chi connectivity index (χ3v) is 2.72. The molecule has 2 rings (SSSR count). The van der Waals surface area contributed by atoms with Gasteiger partial charge in [0.1, 0.15) is 0 Å². The maximum atomic E-state index is 12.2. The van der Waals surface area contributed by atoms with Gasteiger partial charge in [-0.3, -0.25) is 0 Å². The number of aromatic nitrogens is 3. The highest BCUT2D eigenvalue weighted by Crippen LogP contribution is 2.22. The van der Waals surface area contributed by atoms with Gasteiger partial charge >= 0.3 is 18.1 Å². The van der Waals surface area contributed by atoms with Crippen molar-refractivity contribution in [3.05, 3.63) is 39.2 Å². The molecule has 0 aliphatic carbocycles. The van der Waals surface area contributed by atoms with E-state index in [1.54, 1.807) is 12.1 Å². The number of rotatable bonds is 2. The van der Waals surface area contributed by atoms with Crippen molar-refractivity contribution in [2.45, 2.75) is 6.36 Å². The summed E-state index contributed by atoms with van der Waals surface area (Å²) < 4.78 is 42.7. The lowest BCUT2D eigenvalue weighted by molar-refractivity contribution is -0.278. The average molecular weight is 338 g/mol. The van der Waals surface area contributed by atoms with Crippen LogP contribution in [0.5, 0.6) is 6.01 Å². The fourth-order valence-electron chi connectivity index (χ4n) is 1.42. The Morgan fingerprint density at radius 2 is 1.84 bits per heavy atom. The highest BCUT2D eigenvalue weighted by atomic mass is 79.9. The van der Waals surface area contributed by atoms with E-state index in [1.165, 1.54) is 19.2 Å². The van der Waals surface area contributed by atoms with Gasteiger partial charge in [-0.05, 0) is 24.3 Å². The first kappa shape index (κ1) is 13.7. The number of hydrogen-bond donors (Lipinski definition) is 0. The standard InChI is InChI=1S/C10H7BrF3N3O2/c1-16-9(18)17(7-4-2-6(11)3-5-7)8(15-16)19-10(12,13)14/h2-5H,1H3. The minimum absolute atomic E-state index is 0.223. The van der Waals surface area contributed by atoms with Crippen LogP contribution < -0.4 is 10.4 Å². The predicted octanol–water partition coefficient (Wildman–Crippen LogP) is 2.23. The Morgan fingerprint density at radius 1 is 1.26 bits per heavy atom. The average Bonchev–Trinajstić information content (AvgIpc) is 2.54. The summed E-state index contributed by atoms with van der Waals surface area (Å²) >= 11 is 3.19. The summed E-state index contributed by atoms with van der Waals surface area (Å²) in [6, 6.07) is 5.28. The fourth-order valence-corrected chi connectivity index (χ4v) is 1.69. The number of aryl methyl sites for hydroxylation is 1. The molecule has 0 bridgehead atoms. The third kappa shape index (κ3) is 2.98. The molecule has 102 valence electrons. The topological polar surface area (TPSA) is 49.0 Å². The van der Waals surface area contributed by atoms with Crippen molar-refractivity contribution in [2.75, 3.05) is 0 Å². The zero-order chi connectivity index (χ0) is 14.2. The molecule has 0 atom stereocenters. The predicted molar refractivity (Wildman–Crippen MR) is 63.2 cm³/mol. The maximum Gasteiger partial charge on any atom is 0.575 e. The molecule has 9 heteroatoms. The molecular formula is C10H7BrF3N3O2. The SMILES string of the molecule is Cn1nc(OC(F)(F)F)n(-c2ccc(Br)cc2)c1=O. The second-order valence-corrected chi connectivity index (χ2v) is 4.46. The minimum Gasteiger partial charge on any atom is -0.370 e. The van der Waals surface area contributed by atoms with Gasteiger partial charge < -0.3 is 4.74 Å². The van der Waals surface area contributed by atoms with Crippen LogP contribution in [-0.2, 0) is 7.05 Å². The van der Waals surface area contributed by atoms with Gasteiger partial charge in [0.05, 0.1) is 5.69 Å². The Balaban J connectivity index is 2.55. The van der Waals surface area contributed by atoms with Crippen LogP contribution in [0.25, 0.3) is 5.69 Å². The maximum absolute atomic E-state index is 12.2. The van der Waals surface area contributed by atoms with Crippen molar-refractivity contribution < 1.29 is 17.9 Å². The molecule has 0 amide bonds. The minimum atomic E-state index is -4.92. The summed E-state index contributed by atoms with van der Waals surface area (Å²) in [7, 11) is 1.24. The summed E-state index contributed by atoms with van der Waals surface area (Å²) in [5.41, 5.74) is -0.512. The first-order valence-corrected chi connectivity index (χ1v) is 5.75. The van der Waals surface area contributed by atoms with Crippen LogP contribution in [0.2, 0.25) is 0 Å².